The number of nitrogens with two attached hydrogens (primary N) is 1. The fourth-order valence-corrected chi connectivity index (χ4v) is 5.44. The Balaban J connectivity index is 0.000000541. The van der Waals surface area contributed by atoms with Crippen LogP contribution in [0.1, 0.15) is 57.4 Å². The number of hydrogen-bond acceptors (Lipinski definition) is 6. The lowest BCUT2D eigenvalue weighted by molar-refractivity contribution is -0.132. The molecule has 5 rings (SSSR count). The molecule has 4 fully saturated rings. The maximum absolute atomic E-state index is 14.9. The number of nitrogens with one attached hydrogen (secondary N) is 2. The summed E-state index contributed by atoms with van der Waals surface area (Å²) in [5.41, 5.74) is 3.62. The molecule has 1 aromatic rings. The Bertz CT molecular complexity index is 1170. The highest BCUT2D eigenvalue weighted by Gasteiger charge is 2.54. The molecular weight excluding hydrogens is 560 g/mol. The molecule has 10 nitrogen and oxygen atoms in total. The molecule has 3 aliphatic carbocycles. The Hall–Kier alpha value is -3.12. The van der Waals surface area contributed by atoms with Crippen LogP contribution in [0, 0.1) is 23.6 Å². The van der Waals surface area contributed by atoms with Gasteiger partial charge >= 0.3 is 0 Å². The van der Waals surface area contributed by atoms with E-state index in [1.54, 1.807) is 13.0 Å². The van der Waals surface area contributed by atoms with Gasteiger partial charge in [0.05, 0.1) is 5.69 Å². The van der Waals surface area contributed by atoms with Crippen LogP contribution in [-0.4, -0.2) is 91.6 Å². The molecule has 0 bridgehead atoms. The van der Waals surface area contributed by atoms with Gasteiger partial charge in [-0.15, -0.1) is 0 Å². The van der Waals surface area contributed by atoms with Crippen LogP contribution in [0.25, 0.3) is 0 Å². The van der Waals surface area contributed by atoms with E-state index in [1.807, 2.05) is 11.9 Å². The van der Waals surface area contributed by atoms with Crippen molar-refractivity contribution in [3.8, 4) is 0 Å². The van der Waals surface area contributed by atoms with Crippen LogP contribution >= 0.6 is 0 Å². The van der Waals surface area contributed by atoms with Crippen LogP contribution in [0.2, 0.25) is 0 Å². The van der Waals surface area contributed by atoms with Crippen molar-refractivity contribution in [2.45, 2.75) is 76.1 Å². The first-order chi connectivity index (χ1) is 20.4. The van der Waals surface area contributed by atoms with Gasteiger partial charge in [0.15, 0.2) is 5.67 Å². The Morgan fingerprint density at radius 2 is 1.67 bits per heavy atom. The summed E-state index contributed by atoms with van der Waals surface area (Å²) in [4.78, 5) is 52.3. The van der Waals surface area contributed by atoms with Crippen LogP contribution in [0.5, 0.6) is 0 Å². The Labute approximate surface area is 252 Å². The summed E-state index contributed by atoms with van der Waals surface area (Å²) in [6, 6.07) is 3.69. The molecular formula is C31H45F2N5O5. The smallest absolute Gasteiger partial charge is 0.258 e. The molecule has 238 valence electrons. The SMILES string of the molecule is CN1CCN(C(=O)CCc2ccc(NC(=O)C(NC(=O)C3(F)CC3)C(C3CC3)C3CC3)c(F)c2)CC1.COC(C)C(N)=O. The molecule has 1 aromatic carbocycles. The third-order valence-corrected chi connectivity index (χ3v) is 8.91. The normalized spacial score (nSPS) is 20.8. The average molecular weight is 606 g/mol. The number of hydrogen-bond donors (Lipinski definition) is 3. The number of benzene rings is 1. The summed E-state index contributed by atoms with van der Waals surface area (Å²) in [6.45, 7) is 4.72. The van der Waals surface area contributed by atoms with Gasteiger partial charge in [-0.25, -0.2) is 8.78 Å². The number of alkyl halides is 1. The van der Waals surface area contributed by atoms with Crippen molar-refractivity contribution in [2.24, 2.45) is 23.5 Å². The molecule has 2 unspecified atom stereocenters. The average Bonchev–Trinajstić information content (AvgIpc) is 3.83. The lowest BCUT2D eigenvalue weighted by atomic mass is 9.88. The van der Waals surface area contributed by atoms with Crippen LogP contribution < -0.4 is 16.4 Å². The first-order valence-corrected chi connectivity index (χ1v) is 15.3. The Morgan fingerprint density at radius 3 is 2.14 bits per heavy atom. The molecule has 2 atom stereocenters. The molecule has 0 radical (unpaired) electrons. The van der Waals surface area contributed by atoms with Gasteiger partial charge in [-0.2, -0.15) is 0 Å². The molecule has 3 saturated carbocycles. The third-order valence-electron chi connectivity index (χ3n) is 8.91. The lowest BCUT2D eigenvalue weighted by Gasteiger charge is -2.32. The number of anilines is 1. The predicted octanol–water partition coefficient (Wildman–Crippen LogP) is 2.40. The van der Waals surface area contributed by atoms with Crippen molar-refractivity contribution in [3.05, 3.63) is 29.6 Å². The van der Waals surface area contributed by atoms with E-state index >= 15 is 0 Å². The number of ether oxygens (including phenoxy) is 1. The third kappa shape index (κ3) is 9.18. The molecule has 1 heterocycles. The molecule has 12 heteroatoms. The van der Waals surface area contributed by atoms with Crippen molar-refractivity contribution in [1.29, 1.82) is 0 Å². The number of methoxy groups -OCH3 is 1. The number of carbonyl (C=O) groups excluding carboxylic acids is 4. The van der Waals surface area contributed by atoms with Crippen molar-refractivity contribution >= 4 is 29.3 Å². The van der Waals surface area contributed by atoms with Gasteiger partial charge < -0.3 is 30.9 Å². The highest BCUT2D eigenvalue weighted by Crippen LogP contribution is 2.51. The van der Waals surface area contributed by atoms with Gasteiger partial charge in [-0.1, -0.05) is 6.07 Å². The molecule has 1 aliphatic heterocycles. The fraction of sp³-hybridized carbons (Fsp3) is 0.677. The Kier molecular flexibility index (Phi) is 10.8. The standard InChI is InChI=1S/C27H36F2N4O3.C4H9NO2/c1-32-12-14-33(15-13-32)22(34)9-3-17-2-8-21(20(28)16-17)30-25(35)24(31-26(36)27(29)10-11-27)23(18-4-5-18)19-6-7-19;1-3(7-2)4(5)6/h2,8,16,18-19,23-24H,3-7,9-15H2,1H3,(H,30,35)(H,31,36);3H,1-2H3,(H2,5,6). The molecule has 4 aliphatic rings. The maximum atomic E-state index is 14.9. The van der Waals surface area contributed by atoms with Gasteiger partial charge in [0.25, 0.3) is 5.91 Å². The number of piperazine rings is 1. The van der Waals surface area contributed by atoms with E-state index < -0.39 is 41.4 Å². The van der Waals surface area contributed by atoms with Crippen LogP contribution in [0.3, 0.4) is 0 Å². The van der Waals surface area contributed by atoms with E-state index in [0.717, 1.165) is 38.8 Å². The van der Waals surface area contributed by atoms with Gasteiger partial charge in [0.1, 0.15) is 18.0 Å². The largest absolute Gasteiger partial charge is 0.372 e. The molecule has 0 aromatic heterocycles. The second-order valence-electron chi connectivity index (χ2n) is 12.4. The molecule has 4 amide bonds. The number of rotatable bonds is 12. The van der Waals surface area contributed by atoms with Gasteiger partial charge in [-0.3, -0.25) is 19.2 Å². The van der Waals surface area contributed by atoms with Crippen LogP contribution in [0.4, 0.5) is 14.5 Å². The van der Waals surface area contributed by atoms with Crippen LogP contribution in [0.15, 0.2) is 18.2 Å². The highest BCUT2D eigenvalue weighted by atomic mass is 19.1. The summed E-state index contributed by atoms with van der Waals surface area (Å²) in [5.74, 6) is -1.53. The van der Waals surface area contributed by atoms with E-state index in [1.165, 1.54) is 19.2 Å². The topological polar surface area (TPSA) is 134 Å². The number of aryl methyl sites for hydroxylation is 1. The zero-order valence-electron chi connectivity index (χ0n) is 25.4. The van der Waals surface area contributed by atoms with E-state index in [2.05, 4.69) is 20.3 Å². The zero-order chi connectivity index (χ0) is 31.3. The summed E-state index contributed by atoms with van der Waals surface area (Å²) >= 11 is 0. The molecule has 1 saturated heterocycles. The number of nitrogens with zero attached hydrogens (tertiary/aromatic N) is 2. The molecule has 4 N–H and O–H groups in total. The number of amides is 4. The monoisotopic (exact) mass is 605 g/mol. The summed E-state index contributed by atoms with van der Waals surface area (Å²) in [7, 11) is 3.47. The number of primary amides is 1. The summed E-state index contributed by atoms with van der Waals surface area (Å²) < 4.78 is 33.9. The Morgan fingerprint density at radius 1 is 1.07 bits per heavy atom. The number of carbonyl (C=O) groups is 4. The van der Waals surface area contributed by atoms with E-state index in [9.17, 15) is 28.0 Å². The number of likely N-dealkylation sites (N-methyl/N-ethyl adjacent to an activating group) is 1. The lowest BCUT2D eigenvalue weighted by Crippen LogP contribution is -2.52. The van der Waals surface area contributed by atoms with Crippen LogP contribution in [-0.2, 0) is 30.3 Å². The second kappa shape index (κ2) is 14.1. The second-order valence-corrected chi connectivity index (χ2v) is 12.4. The van der Waals surface area contributed by atoms with E-state index in [-0.39, 0.29) is 30.4 Å². The molecule has 43 heavy (non-hydrogen) atoms. The minimum Gasteiger partial charge on any atom is -0.372 e. The molecule has 0 spiro atoms. The van der Waals surface area contributed by atoms with Gasteiger partial charge in [0.2, 0.25) is 17.7 Å². The fourth-order valence-electron chi connectivity index (χ4n) is 5.44. The quantitative estimate of drug-likeness (QED) is 0.335. The highest BCUT2D eigenvalue weighted by molar-refractivity contribution is 5.99. The van der Waals surface area contributed by atoms with Crippen molar-refractivity contribution in [3.63, 3.8) is 0 Å². The van der Waals surface area contributed by atoms with Gasteiger partial charge in [-0.05, 0) is 94.4 Å². The van der Waals surface area contributed by atoms with Crippen molar-refractivity contribution in [1.82, 2.24) is 15.1 Å². The first-order valence-electron chi connectivity index (χ1n) is 15.3. The van der Waals surface area contributed by atoms with E-state index in [0.29, 0.717) is 43.3 Å². The predicted molar refractivity (Wildman–Crippen MR) is 157 cm³/mol. The minimum absolute atomic E-state index is 0.0279. The summed E-state index contributed by atoms with van der Waals surface area (Å²) in [6.07, 6.45) is 4.61. The van der Waals surface area contributed by atoms with E-state index in [4.69, 9.17) is 5.73 Å². The summed E-state index contributed by atoms with van der Waals surface area (Å²) in [5, 5.41) is 5.34. The number of halogens is 2. The van der Waals surface area contributed by atoms with Gasteiger partial charge in [0, 0.05) is 39.7 Å². The maximum Gasteiger partial charge on any atom is 0.258 e. The van der Waals surface area contributed by atoms with Crippen molar-refractivity contribution < 1.29 is 32.7 Å². The first kappa shape index (κ1) is 32.8. The minimum atomic E-state index is -1.87. The zero-order valence-corrected chi connectivity index (χ0v) is 25.4. The van der Waals surface area contributed by atoms with Crippen molar-refractivity contribution in [2.75, 3.05) is 45.7 Å².